The van der Waals surface area contributed by atoms with E-state index in [4.69, 9.17) is 23.2 Å². The molecular formula is C19H13Cl2NO5S. The second-order valence-corrected chi connectivity index (χ2v) is 8.48. The van der Waals surface area contributed by atoms with Crippen LogP contribution in [0, 0.1) is 5.21 Å². The number of sulfone groups is 1. The Morgan fingerprint density at radius 1 is 1.07 bits per heavy atom. The predicted molar refractivity (Wildman–Crippen MR) is 107 cm³/mol. The topological polar surface area (TPSA) is 87.4 Å². The smallest absolute Gasteiger partial charge is 0.349 e. The average Bonchev–Trinajstić information content (AvgIpc) is 2.67. The summed E-state index contributed by atoms with van der Waals surface area (Å²) in [5.74, 6) is -1.03. The third-order valence-electron chi connectivity index (χ3n) is 3.96. The predicted octanol–water partition coefficient (Wildman–Crippen LogP) is 3.77. The van der Waals surface area contributed by atoms with Crippen LogP contribution in [0.25, 0.3) is 17.0 Å². The highest BCUT2D eigenvalue weighted by Crippen LogP contribution is 2.29. The molecule has 1 aromatic heterocycles. The van der Waals surface area contributed by atoms with Gasteiger partial charge in [0.2, 0.25) is 15.4 Å². The molecule has 0 radical (unpaired) electrons. The number of carbonyl (C=O) groups is 1. The van der Waals surface area contributed by atoms with Crippen LogP contribution in [0.15, 0.2) is 64.5 Å². The van der Waals surface area contributed by atoms with E-state index in [-0.39, 0.29) is 20.8 Å². The first kappa shape index (κ1) is 20.1. The van der Waals surface area contributed by atoms with Gasteiger partial charge in [-0.05, 0) is 35.9 Å². The van der Waals surface area contributed by atoms with E-state index in [1.165, 1.54) is 24.3 Å². The molecule has 0 amide bonds. The summed E-state index contributed by atoms with van der Waals surface area (Å²) in [4.78, 5) is 11.5. The Bertz CT molecular complexity index is 1200. The number of pyridine rings is 1. The van der Waals surface area contributed by atoms with E-state index in [2.05, 4.69) is 4.74 Å². The fourth-order valence-corrected chi connectivity index (χ4v) is 4.44. The van der Waals surface area contributed by atoms with E-state index in [1.54, 1.807) is 24.3 Å². The van der Waals surface area contributed by atoms with Gasteiger partial charge in [-0.25, -0.2) is 13.2 Å². The number of hydrogen-bond donors (Lipinski definition) is 0. The Kier molecular flexibility index (Phi) is 5.60. The molecule has 28 heavy (non-hydrogen) atoms. The fraction of sp³-hybridized carbons (Fsp3) is 0.0526. The highest BCUT2D eigenvalue weighted by molar-refractivity contribution is 7.96. The van der Waals surface area contributed by atoms with Crippen molar-refractivity contribution in [3.8, 4) is 0 Å². The quantitative estimate of drug-likeness (QED) is 0.268. The number of halogens is 2. The van der Waals surface area contributed by atoms with E-state index < -0.39 is 20.7 Å². The summed E-state index contributed by atoms with van der Waals surface area (Å²) in [6.45, 7) is 0. The first-order valence-electron chi connectivity index (χ1n) is 7.86. The van der Waals surface area contributed by atoms with Gasteiger partial charge in [0.15, 0.2) is 11.1 Å². The maximum atomic E-state index is 13.3. The van der Waals surface area contributed by atoms with Crippen LogP contribution in [0.3, 0.4) is 0 Å². The number of hydrogen-bond acceptors (Lipinski definition) is 5. The molecule has 2 aromatic carbocycles. The lowest BCUT2D eigenvalue weighted by Crippen LogP contribution is -2.27. The summed E-state index contributed by atoms with van der Waals surface area (Å²) >= 11 is 11.8. The lowest BCUT2D eigenvalue weighted by Gasteiger charge is -2.11. The molecule has 9 heteroatoms. The van der Waals surface area contributed by atoms with Crippen LogP contribution in [0.4, 0.5) is 0 Å². The van der Waals surface area contributed by atoms with Crippen molar-refractivity contribution < 1.29 is 22.7 Å². The molecule has 0 aliphatic heterocycles. The molecule has 6 nitrogen and oxygen atoms in total. The Labute approximate surface area is 171 Å². The van der Waals surface area contributed by atoms with Gasteiger partial charge >= 0.3 is 5.97 Å². The minimum Gasteiger partial charge on any atom is -0.618 e. The van der Waals surface area contributed by atoms with Gasteiger partial charge < -0.3 is 9.94 Å². The lowest BCUT2D eigenvalue weighted by molar-refractivity contribution is -0.577. The summed E-state index contributed by atoms with van der Waals surface area (Å²) in [6.07, 6.45) is 2.24. The van der Waals surface area contributed by atoms with E-state index >= 15 is 0 Å². The minimum atomic E-state index is -4.32. The number of benzene rings is 2. The van der Waals surface area contributed by atoms with Gasteiger partial charge in [-0.2, -0.15) is 4.73 Å². The molecule has 1 heterocycles. The minimum absolute atomic E-state index is 0.0595. The molecule has 0 spiro atoms. The Hall–Kier alpha value is -2.61. The van der Waals surface area contributed by atoms with E-state index in [0.29, 0.717) is 15.3 Å². The highest BCUT2D eigenvalue weighted by atomic mass is 35.5. The maximum absolute atomic E-state index is 13.3. The van der Waals surface area contributed by atoms with Gasteiger partial charge in [0.25, 0.3) is 0 Å². The van der Waals surface area contributed by atoms with Crippen molar-refractivity contribution in [2.45, 2.75) is 4.90 Å². The zero-order chi connectivity index (χ0) is 20.5. The summed E-state index contributed by atoms with van der Waals surface area (Å²) in [6, 6.07) is 11.6. The number of aromatic nitrogens is 1. The van der Waals surface area contributed by atoms with Crippen molar-refractivity contribution in [2.75, 3.05) is 7.11 Å². The number of rotatable bonds is 4. The van der Waals surface area contributed by atoms with Crippen LogP contribution in [0.1, 0.15) is 5.56 Å². The summed E-state index contributed by atoms with van der Waals surface area (Å²) in [7, 11) is -3.23. The van der Waals surface area contributed by atoms with Gasteiger partial charge in [-0.15, -0.1) is 0 Å². The first-order chi connectivity index (χ1) is 13.2. The molecule has 0 aliphatic rings. The van der Waals surface area contributed by atoms with Gasteiger partial charge in [0.1, 0.15) is 0 Å². The van der Waals surface area contributed by atoms with Crippen molar-refractivity contribution in [3.05, 3.63) is 80.4 Å². The number of fused-ring (bicyclic) bond motifs is 1. The van der Waals surface area contributed by atoms with Crippen LogP contribution in [0.2, 0.25) is 10.0 Å². The fourth-order valence-electron chi connectivity index (χ4n) is 2.61. The van der Waals surface area contributed by atoms with E-state index in [0.717, 1.165) is 19.4 Å². The number of methoxy groups -OCH3 is 1. The SMILES string of the molecule is COC(=O)/C(=C\c1ccc(Cl)cc1)S(=O)(=O)c1cc[n+]([O-])c2cc(Cl)ccc12. The zero-order valence-electron chi connectivity index (χ0n) is 14.4. The largest absolute Gasteiger partial charge is 0.618 e. The number of nitrogens with zero attached hydrogens (tertiary/aromatic N) is 1. The third kappa shape index (κ3) is 3.82. The molecule has 3 aromatic rings. The van der Waals surface area contributed by atoms with Crippen molar-refractivity contribution >= 4 is 56.0 Å². The second kappa shape index (κ2) is 7.79. The standard InChI is InChI=1S/C19H13Cl2NO5S/c1-27-19(23)18(10-12-2-4-13(20)5-3-12)28(25,26)17-8-9-22(24)16-11-14(21)6-7-15(16)17/h2-11H,1H3/b18-10+. The van der Waals surface area contributed by atoms with Crippen molar-refractivity contribution in [3.63, 3.8) is 0 Å². The second-order valence-electron chi connectivity index (χ2n) is 5.72. The lowest BCUT2D eigenvalue weighted by atomic mass is 10.2. The van der Waals surface area contributed by atoms with Gasteiger partial charge in [0, 0.05) is 22.2 Å². The van der Waals surface area contributed by atoms with Crippen LogP contribution < -0.4 is 4.73 Å². The Balaban J connectivity index is 2.26. The number of ether oxygens (including phenoxy) is 1. The van der Waals surface area contributed by atoms with Crippen molar-refractivity contribution in [1.29, 1.82) is 0 Å². The molecule has 0 atom stereocenters. The van der Waals surface area contributed by atoms with Crippen molar-refractivity contribution in [1.82, 2.24) is 0 Å². The zero-order valence-corrected chi connectivity index (χ0v) is 16.8. The van der Waals surface area contributed by atoms with Crippen LogP contribution in [0.5, 0.6) is 0 Å². The van der Waals surface area contributed by atoms with Crippen LogP contribution >= 0.6 is 23.2 Å². The van der Waals surface area contributed by atoms with E-state index in [1.807, 2.05) is 0 Å². The maximum Gasteiger partial charge on any atom is 0.349 e. The molecule has 0 saturated heterocycles. The molecule has 0 N–H and O–H groups in total. The Morgan fingerprint density at radius 2 is 1.71 bits per heavy atom. The summed E-state index contributed by atoms with van der Waals surface area (Å²) in [5, 5.41) is 12.9. The number of carbonyl (C=O) groups excluding carboxylic acids is 1. The molecule has 0 unspecified atom stereocenters. The molecule has 0 fully saturated rings. The van der Waals surface area contributed by atoms with Crippen LogP contribution in [-0.4, -0.2) is 21.5 Å². The van der Waals surface area contributed by atoms with Gasteiger partial charge in [-0.1, -0.05) is 35.3 Å². The molecule has 0 saturated carbocycles. The molecule has 144 valence electrons. The molecule has 0 aliphatic carbocycles. The number of esters is 1. The molecular weight excluding hydrogens is 425 g/mol. The third-order valence-corrected chi connectivity index (χ3v) is 6.24. The normalized spacial score (nSPS) is 12.2. The van der Waals surface area contributed by atoms with Crippen LogP contribution in [-0.2, 0) is 19.4 Å². The Morgan fingerprint density at radius 3 is 2.36 bits per heavy atom. The summed E-state index contributed by atoms with van der Waals surface area (Å²) < 4.78 is 31.7. The van der Waals surface area contributed by atoms with E-state index in [9.17, 15) is 18.4 Å². The van der Waals surface area contributed by atoms with Gasteiger partial charge in [0.05, 0.1) is 17.4 Å². The average molecular weight is 438 g/mol. The first-order valence-corrected chi connectivity index (χ1v) is 10.1. The molecule has 3 rings (SSSR count). The monoisotopic (exact) mass is 437 g/mol. The highest BCUT2D eigenvalue weighted by Gasteiger charge is 2.31. The van der Waals surface area contributed by atoms with Gasteiger partial charge in [-0.3, -0.25) is 0 Å². The van der Waals surface area contributed by atoms with Crippen molar-refractivity contribution in [2.24, 2.45) is 0 Å². The summed E-state index contributed by atoms with van der Waals surface area (Å²) in [5.41, 5.74) is 0.500. The molecule has 0 bridgehead atoms.